The van der Waals surface area contributed by atoms with Gasteiger partial charge in [-0.25, -0.2) is 9.59 Å². The largest absolute Gasteiger partial charge is 0.700 e. The Hall–Kier alpha value is -4.81. The van der Waals surface area contributed by atoms with Crippen LogP contribution in [0.3, 0.4) is 0 Å². The fraction of sp³-hybridized carbons (Fsp3) is 0.452. The number of alkyl carbamates (subject to hydrolysis) is 1. The molecule has 53 heavy (non-hydrogen) atoms. The molecular weight excluding hydrogens is 740 g/mol. The van der Waals surface area contributed by atoms with Crippen LogP contribution >= 0.6 is 16.5 Å². The van der Waals surface area contributed by atoms with E-state index in [0.717, 1.165) is 5.56 Å². The predicted octanol–water partition coefficient (Wildman–Crippen LogP) is 1.95. The van der Waals surface area contributed by atoms with Crippen LogP contribution in [0.15, 0.2) is 59.6 Å². The Morgan fingerprint density at radius 3 is 2.23 bits per heavy atom. The van der Waals surface area contributed by atoms with Gasteiger partial charge in [-0.05, 0) is 64.4 Å². The molecule has 1 aliphatic rings. The summed E-state index contributed by atoms with van der Waals surface area (Å²) in [6.07, 6.45) is -0.589. The first kappa shape index (κ1) is 42.6. The topological polar surface area (TPSA) is 304 Å². The van der Waals surface area contributed by atoms with Crippen molar-refractivity contribution in [3.63, 3.8) is 0 Å². The number of guanidine groups is 1. The number of likely N-dealkylation sites (tertiary alicyclic amines) is 1. The molecule has 1 fully saturated rings. The third kappa shape index (κ3) is 15.8. The van der Waals surface area contributed by atoms with Crippen LogP contribution in [0.5, 0.6) is 0 Å². The monoisotopic (exact) mass is 783 g/mol. The van der Waals surface area contributed by atoms with Gasteiger partial charge in [0.15, 0.2) is 5.96 Å². The SMILES string of the molecule is NC(N)=NCCC[C@H](NC(=O)[C@@H]1CCCN1C(=O)OCc1ccccc1)C(=O)Nc1ccc(COC(=O)NCCCC(O)(O[P+](=O)O)O[P+](=O)O)cc1. The molecule has 2 aromatic carbocycles. The second-order valence-corrected chi connectivity index (χ2v) is 12.9. The van der Waals surface area contributed by atoms with Crippen LogP contribution in [0.4, 0.5) is 15.3 Å². The zero-order valence-electron chi connectivity index (χ0n) is 28.5. The molecule has 2 aromatic rings. The minimum Gasteiger partial charge on any atom is -0.445 e. The lowest BCUT2D eigenvalue weighted by atomic mass is 10.1. The van der Waals surface area contributed by atoms with Gasteiger partial charge in [0, 0.05) is 40.9 Å². The number of anilines is 1. The first-order valence-corrected chi connectivity index (χ1v) is 18.6. The second kappa shape index (κ2) is 21.7. The minimum absolute atomic E-state index is 0.0496. The van der Waals surface area contributed by atoms with Gasteiger partial charge in [0.2, 0.25) is 11.8 Å². The molecule has 4 amide bonds. The quantitative estimate of drug-likeness (QED) is 0.0313. The highest BCUT2D eigenvalue weighted by Gasteiger charge is 2.47. The minimum atomic E-state index is -3.36. The van der Waals surface area contributed by atoms with Crippen LogP contribution in [0.2, 0.25) is 0 Å². The van der Waals surface area contributed by atoms with Gasteiger partial charge in [-0.1, -0.05) is 42.5 Å². The van der Waals surface area contributed by atoms with E-state index in [2.05, 4.69) is 30.0 Å². The number of aliphatic imine (C=N–C) groups is 1. The average Bonchev–Trinajstić information content (AvgIpc) is 3.60. The lowest BCUT2D eigenvalue weighted by Gasteiger charge is -2.26. The Kier molecular flexibility index (Phi) is 17.4. The van der Waals surface area contributed by atoms with E-state index in [9.17, 15) is 33.4 Å². The van der Waals surface area contributed by atoms with E-state index in [-0.39, 0.29) is 45.1 Å². The number of hydrogen-bond donors (Lipinski definition) is 8. The number of carbonyl (C=O) groups is 4. The van der Waals surface area contributed by atoms with E-state index in [1.807, 2.05) is 30.3 Å². The summed E-state index contributed by atoms with van der Waals surface area (Å²) < 4.78 is 40.7. The lowest BCUT2D eigenvalue weighted by Crippen LogP contribution is -2.52. The summed E-state index contributed by atoms with van der Waals surface area (Å²) in [5, 5.41) is 17.8. The molecule has 1 heterocycles. The average molecular weight is 784 g/mol. The Labute approximate surface area is 306 Å². The molecule has 1 aliphatic heterocycles. The van der Waals surface area contributed by atoms with Crippen LogP contribution in [0.1, 0.15) is 49.7 Å². The van der Waals surface area contributed by atoms with Crippen molar-refractivity contribution in [2.75, 3.05) is 25.0 Å². The molecule has 20 nitrogen and oxygen atoms in total. The molecule has 0 radical (unpaired) electrons. The number of nitrogens with zero attached hydrogens (tertiary/aromatic N) is 2. The Morgan fingerprint density at radius 1 is 0.943 bits per heavy atom. The maximum absolute atomic E-state index is 13.4. The number of carbonyl (C=O) groups excluding carboxylic acids is 4. The third-order valence-corrected chi connectivity index (χ3v) is 8.43. The molecule has 0 spiro atoms. The van der Waals surface area contributed by atoms with Crippen molar-refractivity contribution in [3.8, 4) is 0 Å². The number of nitrogens with one attached hydrogen (secondary N) is 3. The van der Waals surface area contributed by atoms with Crippen LogP contribution in [-0.2, 0) is 50.5 Å². The first-order chi connectivity index (χ1) is 25.2. The van der Waals surface area contributed by atoms with Crippen molar-refractivity contribution in [3.05, 3.63) is 65.7 Å². The number of nitrogens with two attached hydrogens (primary N) is 2. The van der Waals surface area contributed by atoms with Gasteiger partial charge in [-0.3, -0.25) is 19.5 Å². The molecule has 288 valence electrons. The number of ether oxygens (including phenoxy) is 2. The van der Waals surface area contributed by atoms with E-state index >= 15 is 0 Å². The van der Waals surface area contributed by atoms with Crippen molar-refractivity contribution in [2.24, 2.45) is 16.5 Å². The van der Waals surface area contributed by atoms with Gasteiger partial charge in [0.05, 0.1) is 0 Å². The van der Waals surface area contributed by atoms with Gasteiger partial charge < -0.3 is 42.0 Å². The Balaban J connectivity index is 1.51. The zero-order valence-corrected chi connectivity index (χ0v) is 30.3. The summed E-state index contributed by atoms with van der Waals surface area (Å²) in [5.41, 5.74) is 12.5. The van der Waals surface area contributed by atoms with Gasteiger partial charge in [-0.15, -0.1) is 9.79 Å². The molecule has 0 saturated carbocycles. The zero-order chi connectivity index (χ0) is 38.8. The molecule has 0 aromatic heterocycles. The van der Waals surface area contributed by atoms with Gasteiger partial charge >= 0.3 is 34.7 Å². The van der Waals surface area contributed by atoms with Crippen molar-refractivity contribution < 1.29 is 61.7 Å². The van der Waals surface area contributed by atoms with Gasteiger partial charge in [-0.2, -0.15) is 0 Å². The van der Waals surface area contributed by atoms with Crippen LogP contribution in [0, 0.1) is 0 Å². The highest BCUT2D eigenvalue weighted by molar-refractivity contribution is 7.33. The number of hydrogen-bond acceptors (Lipinski definition) is 12. The second-order valence-electron chi connectivity index (χ2n) is 11.6. The van der Waals surface area contributed by atoms with E-state index in [1.165, 1.54) is 4.90 Å². The van der Waals surface area contributed by atoms with Crippen molar-refractivity contribution >= 4 is 52.2 Å². The highest BCUT2D eigenvalue weighted by Crippen LogP contribution is 2.35. The summed E-state index contributed by atoms with van der Waals surface area (Å²) in [7, 11) is -6.72. The van der Waals surface area contributed by atoms with Gasteiger partial charge in [0.25, 0.3) is 0 Å². The van der Waals surface area contributed by atoms with E-state index < -0.39 is 65.0 Å². The van der Waals surface area contributed by atoms with Crippen LogP contribution in [-0.4, -0.2) is 87.4 Å². The number of benzene rings is 2. The summed E-state index contributed by atoms with van der Waals surface area (Å²) in [6, 6.07) is 13.6. The van der Waals surface area contributed by atoms with Crippen molar-refractivity contribution in [1.29, 1.82) is 0 Å². The Bertz CT molecular complexity index is 1580. The molecule has 2 unspecified atom stereocenters. The first-order valence-electron chi connectivity index (χ1n) is 16.3. The van der Waals surface area contributed by atoms with Crippen molar-refractivity contribution in [1.82, 2.24) is 15.5 Å². The number of aliphatic hydroxyl groups is 1. The standard InChI is InChI=1S/C31H41N7O13P2/c32-28(33)34-16-4-9-24(37-27(40)25-10-5-18-38(25)30(42)49-20-21-7-2-1-3-8-21)26(39)36-23-13-11-22(12-14-23)19-48-29(41)35-17-6-15-31(43,50-52(44)45)51-53(46)47/h1-3,7-8,11-14,24-25,43H,4-6,9-10,15-20H2,(H7-2,32,33,34,35,36,37,39,40,41,44,45,46,47)/p+2/t24-,25-/m0/s1. The third-order valence-electron chi connectivity index (χ3n) is 7.55. The summed E-state index contributed by atoms with van der Waals surface area (Å²) in [6.45, 7) is 0.306. The number of rotatable bonds is 20. The maximum Gasteiger partial charge on any atom is 0.700 e. The number of amides is 4. The maximum atomic E-state index is 13.4. The fourth-order valence-corrected chi connectivity index (χ4v) is 5.87. The van der Waals surface area contributed by atoms with Crippen LogP contribution < -0.4 is 27.4 Å². The van der Waals surface area contributed by atoms with E-state index in [0.29, 0.717) is 37.1 Å². The molecule has 0 aliphatic carbocycles. The molecular formula is C31H43N7O13P2+2. The predicted molar refractivity (Wildman–Crippen MR) is 187 cm³/mol. The summed E-state index contributed by atoms with van der Waals surface area (Å²) in [5.74, 6) is -3.96. The smallest absolute Gasteiger partial charge is 0.445 e. The fourth-order valence-electron chi connectivity index (χ4n) is 5.07. The van der Waals surface area contributed by atoms with Gasteiger partial charge in [0.1, 0.15) is 25.3 Å². The van der Waals surface area contributed by atoms with Crippen molar-refractivity contribution in [2.45, 2.75) is 69.8 Å². The molecule has 0 bridgehead atoms. The van der Waals surface area contributed by atoms with E-state index in [1.54, 1.807) is 24.3 Å². The Morgan fingerprint density at radius 2 is 1.58 bits per heavy atom. The molecule has 1 saturated heterocycles. The molecule has 4 atom stereocenters. The van der Waals surface area contributed by atoms with Crippen LogP contribution in [0.25, 0.3) is 0 Å². The molecule has 22 heteroatoms. The normalized spacial score (nSPS) is 16.0. The highest BCUT2D eigenvalue weighted by atomic mass is 31.1. The lowest BCUT2D eigenvalue weighted by molar-refractivity contribution is -0.277. The van der Waals surface area contributed by atoms with E-state index in [4.69, 9.17) is 30.7 Å². The molecule has 3 rings (SSSR count). The molecule has 10 N–H and O–H groups in total. The summed E-state index contributed by atoms with van der Waals surface area (Å²) >= 11 is 0. The summed E-state index contributed by atoms with van der Waals surface area (Å²) in [4.78, 5) is 74.6.